The van der Waals surface area contributed by atoms with Gasteiger partial charge in [-0.3, -0.25) is 4.79 Å². The van der Waals surface area contributed by atoms with Gasteiger partial charge in [-0.05, 0) is 43.4 Å². The van der Waals surface area contributed by atoms with Gasteiger partial charge in [-0.15, -0.1) is 6.58 Å². The highest BCUT2D eigenvalue weighted by atomic mass is 16.5. The van der Waals surface area contributed by atoms with Gasteiger partial charge in [-0.25, -0.2) is 0 Å². The fourth-order valence-electron chi connectivity index (χ4n) is 3.90. The third-order valence-electron chi connectivity index (χ3n) is 4.74. The van der Waals surface area contributed by atoms with Gasteiger partial charge < -0.3 is 4.74 Å². The van der Waals surface area contributed by atoms with Crippen LogP contribution in [0.5, 0.6) is 0 Å². The zero-order valence-electron chi connectivity index (χ0n) is 10.4. The molecule has 0 aromatic carbocycles. The predicted octanol–water partition coefficient (Wildman–Crippen LogP) is 3.32. The monoisotopic (exact) mass is 222 g/mol. The normalized spacial score (nSPS) is 42.5. The van der Waals surface area contributed by atoms with Crippen molar-refractivity contribution in [1.82, 2.24) is 0 Å². The number of carbonyl (C=O) groups is 1. The summed E-state index contributed by atoms with van der Waals surface area (Å²) in [5, 5.41) is 0. The van der Waals surface area contributed by atoms with E-state index in [0.29, 0.717) is 17.3 Å². The van der Waals surface area contributed by atoms with Crippen LogP contribution in [-0.4, -0.2) is 12.1 Å². The Bertz CT molecular complexity index is 297. The summed E-state index contributed by atoms with van der Waals surface area (Å²) in [4.78, 5) is 11.1. The predicted molar refractivity (Wildman–Crippen MR) is 63.9 cm³/mol. The van der Waals surface area contributed by atoms with Crippen molar-refractivity contribution < 1.29 is 9.53 Å². The summed E-state index contributed by atoms with van der Waals surface area (Å²) < 4.78 is 5.49. The summed E-state index contributed by atoms with van der Waals surface area (Å²) >= 11 is 0. The Kier molecular flexibility index (Phi) is 3.09. The number of esters is 1. The second kappa shape index (κ2) is 4.23. The standard InChI is InChI=1S/C14H22O2/c1-4-11-7-8-12-13(16-10(2)15)6-5-9-14(11,12)3/h4,11-13H,1,5-9H2,2-3H3/t11?,12?,13-,14+/m0/s1. The Labute approximate surface area is 98.1 Å². The molecule has 90 valence electrons. The molecular formula is C14H22O2. The number of hydrogen-bond donors (Lipinski definition) is 0. The van der Waals surface area contributed by atoms with Crippen molar-refractivity contribution in [3.05, 3.63) is 12.7 Å². The van der Waals surface area contributed by atoms with Gasteiger partial charge >= 0.3 is 5.97 Å². The molecule has 0 aromatic rings. The topological polar surface area (TPSA) is 26.3 Å². The Morgan fingerprint density at radius 1 is 1.44 bits per heavy atom. The molecule has 16 heavy (non-hydrogen) atoms. The molecule has 4 atom stereocenters. The molecule has 0 bridgehead atoms. The van der Waals surface area contributed by atoms with Crippen LogP contribution >= 0.6 is 0 Å². The summed E-state index contributed by atoms with van der Waals surface area (Å²) in [5.74, 6) is 1.03. The average Bonchev–Trinajstić information content (AvgIpc) is 2.54. The van der Waals surface area contributed by atoms with Crippen LogP contribution in [-0.2, 0) is 9.53 Å². The minimum absolute atomic E-state index is 0.128. The van der Waals surface area contributed by atoms with E-state index < -0.39 is 0 Å². The molecule has 0 heterocycles. The first-order valence-corrected chi connectivity index (χ1v) is 6.37. The van der Waals surface area contributed by atoms with Crippen LogP contribution in [0.2, 0.25) is 0 Å². The van der Waals surface area contributed by atoms with E-state index in [0.717, 1.165) is 6.42 Å². The Hall–Kier alpha value is -0.790. The first-order valence-electron chi connectivity index (χ1n) is 6.37. The van der Waals surface area contributed by atoms with Crippen LogP contribution in [0.4, 0.5) is 0 Å². The summed E-state index contributed by atoms with van der Waals surface area (Å²) in [5.41, 5.74) is 0.320. The lowest BCUT2D eigenvalue weighted by Gasteiger charge is -2.43. The number of allylic oxidation sites excluding steroid dienone is 1. The lowest BCUT2D eigenvalue weighted by Crippen LogP contribution is -2.41. The van der Waals surface area contributed by atoms with Gasteiger partial charge in [0.25, 0.3) is 0 Å². The van der Waals surface area contributed by atoms with E-state index in [1.54, 1.807) is 0 Å². The molecule has 0 radical (unpaired) electrons. The number of fused-ring (bicyclic) bond motifs is 1. The van der Waals surface area contributed by atoms with Gasteiger partial charge in [0.2, 0.25) is 0 Å². The highest BCUT2D eigenvalue weighted by Crippen LogP contribution is 2.56. The molecule has 0 N–H and O–H groups in total. The van der Waals surface area contributed by atoms with Crippen LogP contribution in [0.1, 0.15) is 46.0 Å². The molecule has 2 aliphatic rings. The van der Waals surface area contributed by atoms with Crippen LogP contribution in [0.3, 0.4) is 0 Å². The molecule has 0 spiro atoms. The average molecular weight is 222 g/mol. The second-order valence-electron chi connectivity index (χ2n) is 5.57. The maximum Gasteiger partial charge on any atom is 0.302 e. The Morgan fingerprint density at radius 3 is 2.81 bits per heavy atom. The third kappa shape index (κ3) is 1.79. The van der Waals surface area contributed by atoms with Crippen LogP contribution in [0.25, 0.3) is 0 Å². The van der Waals surface area contributed by atoms with Crippen LogP contribution in [0.15, 0.2) is 12.7 Å². The summed E-state index contributed by atoms with van der Waals surface area (Å²) in [7, 11) is 0. The first-order chi connectivity index (χ1) is 7.58. The van der Waals surface area contributed by atoms with Crippen molar-refractivity contribution in [1.29, 1.82) is 0 Å². The van der Waals surface area contributed by atoms with Crippen molar-refractivity contribution in [2.24, 2.45) is 17.3 Å². The zero-order chi connectivity index (χ0) is 11.8. The summed E-state index contributed by atoms with van der Waals surface area (Å²) in [6.07, 6.45) is 8.13. The maximum atomic E-state index is 11.1. The molecule has 2 unspecified atom stereocenters. The summed E-state index contributed by atoms with van der Waals surface area (Å²) in [6, 6.07) is 0. The van der Waals surface area contributed by atoms with E-state index in [9.17, 15) is 4.79 Å². The Balaban J connectivity index is 2.16. The van der Waals surface area contributed by atoms with E-state index in [1.165, 1.54) is 32.6 Å². The molecule has 2 nitrogen and oxygen atoms in total. The van der Waals surface area contributed by atoms with Gasteiger partial charge in [-0.1, -0.05) is 13.0 Å². The van der Waals surface area contributed by atoms with Crippen LogP contribution in [0, 0.1) is 17.3 Å². The molecule has 2 fully saturated rings. The number of carbonyl (C=O) groups excluding carboxylic acids is 1. The maximum absolute atomic E-state index is 11.1. The minimum atomic E-state index is -0.128. The van der Waals surface area contributed by atoms with Crippen molar-refractivity contribution in [3.8, 4) is 0 Å². The van der Waals surface area contributed by atoms with Gasteiger partial charge in [0.15, 0.2) is 0 Å². The molecule has 0 aromatic heterocycles. The lowest BCUT2D eigenvalue weighted by atomic mass is 9.64. The quantitative estimate of drug-likeness (QED) is 0.529. The third-order valence-corrected chi connectivity index (χ3v) is 4.74. The molecule has 2 heteroatoms. The molecule has 2 rings (SSSR count). The first kappa shape index (κ1) is 11.7. The number of rotatable bonds is 2. The van der Waals surface area contributed by atoms with Gasteiger partial charge in [0.05, 0.1) is 0 Å². The van der Waals surface area contributed by atoms with Gasteiger partial charge in [0, 0.05) is 12.8 Å². The number of ether oxygens (including phenoxy) is 1. The molecule has 0 amide bonds. The van der Waals surface area contributed by atoms with Crippen molar-refractivity contribution in [2.75, 3.05) is 0 Å². The zero-order valence-corrected chi connectivity index (χ0v) is 10.4. The Morgan fingerprint density at radius 2 is 2.19 bits per heavy atom. The molecule has 2 aliphatic carbocycles. The van der Waals surface area contributed by atoms with Crippen molar-refractivity contribution >= 4 is 5.97 Å². The molecule has 0 saturated heterocycles. The lowest BCUT2D eigenvalue weighted by molar-refractivity contribution is -0.154. The smallest absolute Gasteiger partial charge is 0.302 e. The summed E-state index contributed by atoms with van der Waals surface area (Å²) in [6.45, 7) is 7.83. The molecular weight excluding hydrogens is 200 g/mol. The van der Waals surface area contributed by atoms with E-state index in [4.69, 9.17) is 4.74 Å². The number of hydrogen-bond acceptors (Lipinski definition) is 2. The van der Waals surface area contributed by atoms with E-state index in [-0.39, 0.29) is 12.1 Å². The van der Waals surface area contributed by atoms with Gasteiger partial charge in [0.1, 0.15) is 6.10 Å². The molecule has 2 saturated carbocycles. The SMILES string of the molecule is C=CC1CCC2[C@@H](OC(C)=O)CCC[C@]12C. The van der Waals surface area contributed by atoms with Gasteiger partial charge in [-0.2, -0.15) is 0 Å². The highest BCUT2D eigenvalue weighted by Gasteiger charge is 2.51. The second-order valence-corrected chi connectivity index (χ2v) is 5.57. The molecule has 0 aliphatic heterocycles. The largest absolute Gasteiger partial charge is 0.462 e. The van der Waals surface area contributed by atoms with E-state index in [2.05, 4.69) is 19.6 Å². The van der Waals surface area contributed by atoms with Crippen molar-refractivity contribution in [3.63, 3.8) is 0 Å². The minimum Gasteiger partial charge on any atom is -0.462 e. The van der Waals surface area contributed by atoms with Crippen molar-refractivity contribution in [2.45, 2.75) is 52.1 Å². The van der Waals surface area contributed by atoms with E-state index >= 15 is 0 Å². The highest BCUT2D eigenvalue weighted by molar-refractivity contribution is 5.66. The van der Waals surface area contributed by atoms with E-state index in [1.807, 2.05) is 0 Å². The fraction of sp³-hybridized carbons (Fsp3) is 0.786. The van der Waals surface area contributed by atoms with Crippen LogP contribution < -0.4 is 0 Å². The fourth-order valence-corrected chi connectivity index (χ4v) is 3.90.